The van der Waals surface area contributed by atoms with Crippen molar-refractivity contribution in [2.75, 3.05) is 18.9 Å². The van der Waals surface area contributed by atoms with Crippen molar-refractivity contribution in [2.45, 2.75) is 32.1 Å². The molecule has 1 aromatic heterocycles. The van der Waals surface area contributed by atoms with Crippen molar-refractivity contribution in [3.05, 3.63) is 23.9 Å². The number of pyridine rings is 1. The molecular formula is C14H21N3O. The Morgan fingerprint density at radius 2 is 2.11 bits per heavy atom. The lowest BCUT2D eigenvalue weighted by Crippen LogP contribution is -2.30. The number of amides is 1. The molecule has 0 aromatic carbocycles. The summed E-state index contributed by atoms with van der Waals surface area (Å²) in [5.74, 6) is 1.30. The Hall–Kier alpha value is -1.58. The summed E-state index contributed by atoms with van der Waals surface area (Å²) < 4.78 is 0. The van der Waals surface area contributed by atoms with Gasteiger partial charge in [0.05, 0.1) is 0 Å². The minimum atomic E-state index is -0.0716. The first kappa shape index (κ1) is 12.9. The second-order valence-electron chi connectivity index (χ2n) is 4.87. The third-order valence-corrected chi connectivity index (χ3v) is 3.51. The Balaban J connectivity index is 1.86. The van der Waals surface area contributed by atoms with Gasteiger partial charge in [0.25, 0.3) is 5.91 Å². The average molecular weight is 247 g/mol. The van der Waals surface area contributed by atoms with Gasteiger partial charge in [-0.2, -0.15) is 0 Å². The smallest absolute Gasteiger partial charge is 0.269 e. The normalized spacial score (nSPS) is 16.3. The van der Waals surface area contributed by atoms with E-state index >= 15 is 0 Å². The first-order chi connectivity index (χ1) is 8.79. The number of hydrogen-bond donors (Lipinski definition) is 2. The fourth-order valence-electron chi connectivity index (χ4n) is 2.42. The molecule has 18 heavy (non-hydrogen) atoms. The maximum atomic E-state index is 12.0. The molecule has 1 fully saturated rings. The predicted molar refractivity (Wildman–Crippen MR) is 72.7 cm³/mol. The Bertz CT molecular complexity index is 400. The van der Waals surface area contributed by atoms with Gasteiger partial charge < -0.3 is 10.6 Å². The van der Waals surface area contributed by atoms with Crippen molar-refractivity contribution in [1.82, 2.24) is 10.3 Å². The van der Waals surface area contributed by atoms with Crippen LogP contribution in [-0.4, -0.2) is 24.5 Å². The van der Waals surface area contributed by atoms with E-state index in [-0.39, 0.29) is 5.91 Å². The molecule has 2 rings (SSSR count). The van der Waals surface area contributed by atoms with Crippen molar-refractivity contribution in [2.24, 2.45) is 5.92 Å². The summed E-state index contributed by atoms with van der Waals surface area (Å²) in [4.78, 5) is 16.2. The van der Waals surface area contributed by atoms with Gasteiger partial charge in [-0.1, -0.05) is 25.3 Å². The highest BCUT2D eigenvalue weighted by Crippen LogP contribution is 2.22. The van der Waals surface area contributed by atoms with Crippen molar-refractivity contribution in [3.8, 4) is 0 Å². The second-order valence-corrected chi connectivity index (χ2v) is 4.87. The van der Waals surface area contributed by atoms with Gasteiger partial charge in [-0.15, -0.1) is 0 Å². The molecule has 0 radical (unpaired) electrons. The van der Waals surface area contributed by atoms with E-state index in [2.05, 4.69) is 15.6 Å². The van der Waals surface area contributed by atoms with Crippen LogP contribution in [0.25, 0.3) is 0 Å². The van der Waals surface area contributed by atoms with Gasteiger partial charge in [0.1, 0.15) is 11.5 Å². The molecule has 0 atom stereocenters. The van der Waals surface area contributed by atoms with Gasteiger partial charge in [0, 0.05) is 13.6 Å². The molecule has 0 saturated heterocycles. The van der Waals surface area contributed by atoms with Crippen LogP contribution >= 0.6 is 0 Å². The average Bonchev–Trinajstić information content (AvgIpc) is 2.46. The molecule has 0 spiro atoms. The van der Waals surface area contributed by atoms with E-state index in [1.54, 1.807) is 13.1 Å². The lowest BCUT2D eigenvalue weighted by Gasteiger charge is -2.21. The number of carbonyl (C=O) groups is 1. The van der Waals surface area contributed by atoms with Crippen molar-refractivity contribution in [3.63, 3.8) is 0 Å². The van der Waals surface area contributed by atoms with Crippen LogP contribution < -0.4 is 10.6 Å². The van der Waals surface area contributed by atoms with Gasteiger partial charge in [-0.3, -0.25) is 4.79 Å². The standard InChI is InChI=1S/C14H21N3O/c1-15-13-9-5-8-12(17-13)14(18)16-10-11-6-3-2-4-7-11/h5,8-9,11H,2-4,6-7,10H2,1H3,(H,15,17)(H,16,18). The molecule has 1 heterocycles. The summed E-state index contributed by atoms with van der Waals surface area (Å²) in [6, 6.07) is 5.43. The molecule has 1 aliphatic carbocycles. The van der Waals surface area contributed by atoms with E-state index in [1.165, 1.54) is 32.1 Å². The number of hydrogen-bond acceptors (Lipinski definition) is 3. The van der Waals surface area contributed by atoms with E-state index < -0.39 is 0 Å². The molecular weight excluding hydrogens is 226 g/mol. The van der Waals surface area contributed by atoms with Crippen molar-refractivity contribution in [1.29, 1.82) is 0 Å². The van der Waals surface area contributed by atoms with Crippen molar-refractivity contribution >= 4 is 11.7 Å². The number of rotatable bonds is 4. The molecule has 4 nitrogen and oxygen atoms in total. The number of aromatic nitrogens is 1. The van der Waals surface area contributed by atoms with Crippen LogP contribution in [0.3, 0.4) is 0 Å². The van der Waals surface area contributed by atoms with Crippen LogP contribution in [0.5, 0.6) is 0 Å². The number of nitrogens with zero attached hydrogens (tertiary/aromatic N) is 1. The van der Waals surface area contributed by atoms with Crippen molar-refractivity contribution < 1.29 is 4.79 Å². The Labute approximate surface area is 108 Å². The largest absolute Gasteiger partial charge is 0.373 e. The lowest BCUT2D eigenvalue weighted by atomic mass is 9.89. The number of anilines is 1. The zero-order valence-corrected chi connectivity index (χ0v) is 10.9. The third-order valence-electron chi connectivity index (χ3n) is 3.51. The fraction of sp³-hybridized carbons (Fsp3) is 0.571. The van der Waals surface area contributed by atoms with E-state index in [0.29, 0.717) is 11.6 Å². The van der Waals surface area contributed by atoms with E-state index in [1.807, 2.05) is 12.1 Å². The first-order valence-electron chi connectivity index (χ1n) is 6.72. The molecule has 0 aliphatic heterocycles. The van der Waals surface area contributed by atoms with E-state index in [4.69, 9.17) is 0 Å². The lowest BCUT2D eigenvalue weighted by molar-refractivity contribution is 0.0938. The Morgan fingerprint density at radius 1 is 1.33 bits per heavy atom. The van der Waals surface area contributed by atoms with Crippen LogP contribution in [0.4, 0.5) is 5.82 Å². The molecule has 2 N–H and O–H groups in total. The van der Waals surface area contributed by atoms with E-state index in [0.717, 1.165) is 12.4 Å². The highest BCUT2D eigenvalue weighted by atomic mass is 16.1. The summed E-state index contributed by atoms with van der Waals surface area (Å²) in [5.41, 5.74) is 0.484. The third kappa shape index (κ3) is 3.45. The summed E-state index contributed by atoms with van der Waals surface area (Å²) in [7, 11) is 1.80. The van der Waals surface area contributed by atoms with Crippen LogP contribution in [0.15, 0.2) is 18.2 Å². The molecule has 1 amide bonds. The van der Waals surface area contributed by atoms with Gasteiger partial charge in [0.15, 0.2) is 0 Å². The second kappa shape index (κ2) is 6.38. The fourth-order valence-corrected chi connectivity index (χ4v) is 2.42. The van der Waals surface area contributed by atoms with Crippen LogP contribution in [0, 0.1) is 5.92 Å². The minimum absolute atomic E-state index is 0.0716. The molecule has 0 bridgehead atoms. The monoisotopic (exact) mass is 247 g/mol. The topological polar surface area (TPSA) is 54.0 Å². The van der Waals surface area contributed by atoms with Crippen LogP contribution in [-0.2, 0) is 0 Å². The number of carbonyl (C=O) groups excluding carboxylic acids is 1. The first-order valence-corrected chi connectivity index (χ1v) is 6.72. The number of nitrogens with one attached hydrogen (secondary N) is 2. The molecule has 1 aliphatic rings. The predicted octanol–water partition coefficient (Wildman–Crippen LogP) is 2.43. The summed E-state index contributed by atoms with van der Waals surface area (Å²) in [5, 5.41) is 5.93. The van der Waals surface area contributed by atoms with Crippen LogP contribution in [0.1, 0.15) is 42.6 Å². The quantitative estimate of drug-likeness (QED) is 0.859. The van der Waals surface area contributed by atoms with Gasteiger partial charge in [0.2, 0.25) is 0 Å². The maximum Gasteiger partial charge on any atom is 0.269 e. The zero-order valence-electron chi connectivity index (χ0n) is 10.9. The highest BCUT2D eigenvalue weighted by Gasteiger charge is 2.15. The Morgan fingerprint density at radius 3 is 2.83 bits per heavy atom. The molecule has 0 unspecified atom stereocenters. The summed E-state index contributed by atoms with van der Waals surface area (Å²) >= 11 is 0. The highest BCUT2D eigenvalue weighted by molar-refractivity contribution is 5.92. The Kier molecular flexibility index (Phi) is 4.56. The van der Waals surface area contributed by atoms with Gasteiger partial charge >= 0.3 is 0 Å². The SMILES string of the molecule is CNc1cccc(C(=O)NCC2CCCCC2)n1. The van der Waals surface area contributed by atoms with Gasteiger partial charge in [-0.05, 0) is 30.9 Å². The summed E-state index contributed by atoms with van der Waals surface area (Å²) in [6.45, 7) is 0.782. The molecule has 98 valence electrons. The van der Waals surface area contributed by atoms with Gasteiger partial charge in [-0.25, -0.2) is 4.98 Å². The van der Waals surface area contributed by atoms with E-state index in [9.17, 15) is 4.79 Å². The maximum absolute atomic E-state index is 12.0. The molecule has 4 heteroatoms. The minimum Gasteiger partial charge on any atom is -0.373 e. The summed E-state index contributed by atoms with van der Waals surface area (Å²) in [6.07, 6.45) is 6.42. The molecule has 1 aromatic rings. The zero-order chi connectivity index (χ0) is 12.8. The van der Waals surface area contributed by atoms with Crippen LogP contribution in [0.2, 0.25) is 0 Å². The molecule has 1 saturated carbocycles.